The lowest BCUT2D eigenvalue weighted by molar-refractivity contribution is -0.137. The molecule has 2 aliphatic rings. The molecule has 8 heteroatoms. The number of carbonyl (C=O) groups excluding carboxylic acids is 3. The van der Waals surface area contributed by atoms with Crippen LogP contribution in [0.1, 0.15) is 53.9 Å². The Labute approximate surface area is 164 Å². The van der Waals surface area contributed by atoms with Crippen molar-refractivity contribution in [1.29, 1.82) is 0 Å². The fourth-order valence-electron chi connectivity index (χ4n) is 3.42. The van der Waals surface area contributed by atoms with Crippen molar-refractivity contribution in [2.45, 2.75) is 46.0 Å². The van der Waals surface area contributed by atoms with E-state index in [4.69, 9.17) is 9.47 Å². The van der Waals surface area contributed by atoms with Crippen molar-refractivity contribution in [2.75, 3.05) is 26.2 Å². The first-order valence-corrected chi connectivity index (χ1v) is 9.30. The van der Waals surface area contributed by atoms with Crippen LogP contribution in [0, 0.1) is 6.92 Å². The molecule has 8 nitrogen and oxygen atoms in total. The molecule has 1 saturated heterocycles. The Morgan fingerprint density at radius 1 is 1.29 bits per heavy atom. The monoisotopic (exact) mass is 390 g/mol. The first-order chi connectivity index (χ1) is 13.1. The molecule has 0 aromatic heterocycles. The van der Waals surface area contributed by atoms with Crippen molar-refractivity contribution in [1.82, 2.24) is 9.80 Å². The first-order valence-electron chi connectivity index (χ1n) is 9.30. The molecule has 1 aromatic carbocycles. The van der Waals surface area contributed by atoms with E-state index in [9.17, 15) is 19.5 Å². The molecule has 28 heavy (non-hydrogen) atoms. The van der Waals surface area contributed by atoms with E-state index in [1.807, 2.05) is 6.92 Å². The molecule has 3 rings (SSSR count). The molecule has 0 bridgehead atoms. The number of rotatable bonds is 3. The van der Waals surface area contributed by atoms with E-state index < -0.39 is 17.8 Å². The van der Waals surface area contributed by atoms with Crippen LogP contribution in [-0.4, -0.2) is 64.7 Å². The van der Waals surface area contributed by atoms with E-state index in [1.165, 1.54) is 4.90 Å². The van der Waals surface area contributed by atoms with Crippen LogP contribution in [0.5, 0.6) is 0 Å². The van der Waals surface area contributed by atoms with E-state index in [1.54, 1.807) is 37.8 Å². The molecule has 1 unspecified atom stereocenters. The first kappa shape index (κ1) is 20.1. The van der Waals surface area contributed by atoms with Crippen molar-refractivity contribution in [2.24, 2.45) is 0 Å². The van der Waals surface area contributed by atoms with Crippen LogP contribution in [0.25, 0.3) is 0 Å². The topological polar surface area (TPSA) is 96.4 Å². The van der Waals surface area contributed by atoms with Crippen LogP contribution in [0.4, 0.5) is 4.79 Å². The summed E-state index contributed by atoms with van der Waals surface area (Å²) < 4.78 is 10.3. The van der Waals surface area contributed by atoms with Gasteiger partial charge in [-0.1, -0.05) is 6.07 Å². The summed E-state index contributed by atoms with van der Waals surface area (Å²) >= 11 is 0. The smallest absolute Gasteiger partial charge is 0.410 e. The third-order valence-corrected chi connectivity index (χ3v) is 4.93. The van der Waals surface area contributed by atoms with Crippen LogP contribution >= 0.6 is 0 Å². The highest BCUT2D eigenvalue weighted by Crippen LogP contribution is 2.29. The summed E-state index contributed by atoms with van der Waals surface area (Å²) in [4.78, 5) is 39.2. The Bertz CT molecular complexity index is 814. The normalized spacial score (nSPS) is 18.0. The van der Waals surface area contributed by atoms with Crippen molar-refractivity contribution >= 4 is 18.0 Å². The van der Waals surface area contributed by atoms with Gasteiger partial charge in [0.25, 0.3) is 0 Å². The van der Waals surface area contributed by atoms with Gasteiger partial charge in [0.1, 0.15) is 18.8 Å². The van der Waals surface area contributed by atoms with Gasteiger partial charge in [0.15, 0.2) is 0 Å². The third kappa shape index (κ3) is 4.11. The highest BCUT2D eigenvalue weighted by molar-refractivity contribution is 5.94. The van der Waals surface area contributed by atoms with Gasteiger partial charge < -0.3 is 19.5 Å². The second-order valence-electron chi connectivity index (χ2n) is 8.14. The maximum atomic E-state index is 12.5. The second kappa shape index (κ2) is 7.43. The van der Waals surface area contributed by atoms with Gasteiger partial charge in [-0.3, -0.25) is 9.69 Å². The van der Waals surface area contributed by atoms with Crippen molar-refractivity contribution in [3.05, 3.63) is 34.4 Å². The number of fused-ring (bicyclic) bond motifs is 1. The molecule has 152 valence electrons. The zero-order valence-corrected chi connectivity index (χ0v) is 16.7. The number of β-amino-alcohol motifs (C(OH)–C–C–N with tert-alkyl or cyclic N) is 1. The maximum absolute atomic E-state index is 12.5. The summed E-state index contributed by atoms with van der Waals surface area (Å²) in [6, 6.07) is 3.35. The molecule has 2 heterocycles. The van der Waals surface area contributed by atoms with Crippen molar-refractivity contribution < 1.29 is 29.0 Å². The summed E-state index contributed by atoms with van der Waals surface area (Å²) in [6.45, 7) is 8.07. The molecule has 2 amide bonds. The molecule has 0 spiro atoms. The van der Waals surface area contributed by atoms with Gasteiger partial charge >= 0.3 is 12.1 Å². The molecule has 0 radical (unpaired) electrons. The van der Waals surface area contributed by atoms with Crippen molar-refractivity contribution in [3.8, 4) is 0 Å². The van der Waals surface area contributed by atoms with E-state index in [-0.39, 0.29) is 31.6 Å². The number of hydrogen-bond donors (Lipinski definition) is 1. The van der Waals surface area contributed by atoms with Gasteiger partial charge in [0.05, 0.1) is 18.2 Å². The molecule has 1 atom stereocenters. The number of nitrogens with zero attached hydrogens (tertiary/aromatic N) is 2. The highest BCUT2D eigenvalue weighted by Gasteiger charge is 2.32. The lowest BCUT2D eigenvalue weighted by Gasteiger charge is -2.36. The maximum Gasteiger partial charge on any atom is 0.410 e. The van der Waals surface area contributed by atoms with Crippen LogP contribution in [-0.2, 0) is 20.9 Å². The van der Waals surface area contributed by atoms with Crippen LogP contribution < -0.4 is 0 Å². The Morgan fingerprint density at radius 2 is 2.00 bits per heavy atom. The summed E-state index contributed by atoms with van der Waals surface area (Å²) in [7, 11) is 0. The minimum absolute atomic E-state index is 0.0762. The molecule has 1 aromatic rings. The van der Waals surface area contributed by atoms with Crippen LogP contribution in [0.3, 0.4) is 0 Å². The lowest BCUT2D eigenvalue weighted by Crippen LogP contribution is -2.53. The number of amides is 2. The van der Waals surface area contributed by atoms with Gasteiger partial charge in [-0.25, -0.2) is 9.59 Å². The van der Waals surface area contributed by atoms with Gasteiger partial charge in [-0.2, -0.15) is 0 Å². The standard InChI is InChI=1S/C20H26N2O6/c1-12-13(5-6-14-15(12)11-27-18(14)25)16(23)9-21-7-8-22(10-17(21)24)19(26)28-20(2,3)4/h5-6,16,23H,7-11H2,1-4H3. The Kier molecular flexibility index (Phi) is 5.34. The Morgan fingerprint density at radius 3 is 2.64 bits per heavy atom. The lowest BCUT2D eigenvalue weighted by atomic mass is 9.95. The predicted molar refractivity (Wildman–Crippen MR) is 99.6 cm³/mol. The summed E-state index contributed by atoms with van der Waals surface area (Å²) in [5.41, 5.74) is 2.15. The zero-order valence-electron chi connectivity index (χ0n) is 16.7. The van der Waals surface area contributed by atoms with E-state index >= 15 is 0 Å². The number of esters is 1. The molecule has 1 N–H and O–H groups in total. The average molecular weight is 390 g/mol. The van der Waals surface area contributed by atoms with Crippen molar-refractivity contribution in [3.63, 3.8) is 0 Å². The fourth-order valence-corrected chi connectivity index (χ4v) is 3.42. The quantitative estimate of drug-likeness (QED) is 0.791. The van der Waals surface area contributed by atoms with E-state index in [0.29, 0.717) is 24.2 Å². The molecule has 1 fully saturated rings. The summed E-state index contributed by atoms with van der Waals surface area (Å²) in [5, 5.41) is 10.7. The minimum atomic E-state index is -0.891. The number of cyclic esters (lactones) is 1. The fraction of sp³-hybridized carbons (Fsp3) is 0.550. The minimum Gasteiger partial charge on any atom is -0.457 e. The molecule has 2 aliphatic heterocycles. The summed E-state index contributed by atoms with van der Waals surface area (Å²) in [5.74, 6) is -0.596. The van der Waals surface area contributed by atoms with E-state index in [0.717, 1.165) is 11.1 Å². The van der Waals surface area contributed by atoms with Crippen LogP contribution in [0.2, 0.25) is 0 Å². The second-order valence-corrected chi connectivity index (χ2v) is 8.14. The number of benzene rings is 1. The third-order valence-electron chi connectivity index (χ3n) is 4.93. The molecule has 0 saturated carbocycles. The molecular weight excluding hydrogens is 364 g/mol. The predicted octanol–water partition coefficient (Wildman–Crippen LogP) is 1.78. The SMILES string of the molecule is Cc1c(C(O)CN2CCN(C(=O)OC(C)(C)C)CC2=O)ccc2c1COC2=O. The largest absolute Gasteiger partial charge is 0.457 e. The Balaban J connectivity index is 1.63. The van der Waals surface area contributed by atoms with Crippen LogP contribution in [0.15, 0.2) is 12.1 Å². The zero-order chi connectivity index (χ0) is 20.6. The number of aliphatic hydroxyl groups is 1. The number of carbonyl (C=O) groups is 3. The van der Waals surface area contributed by atoms with Gasteiger partial charge in [-0.05, 0) is 44.9 Å². The molecule has 0 aliphatic carbocycles. The number of hydrogen-bond acceptors (Lipinski definition) is 6. The number of piperazine rings is 1. The van der Waals surface area contributed by atoms with Gasteiger partial charge in [0.2, 0.25) is 5.91 Å². The number of aliphatic hydroxyl groups excluding tert-OH is 1. The highest BCUT2D eigenvalue weighted by atomic mass is 16.6. The number of ether oxygens (including phenoxy) is 2. The van der Waals surface area contributed by atoms with E-state index in [2.05, 4.69) is 0 Å². The molecular formula is C20H26N2O6. The van der Waals surface area contributed by atoms with Gasteiger partial charge in [-0.15, -0.1) is 0 Å². The summed E-state index contributed by atoms with van der Waals surface area (Å²) in [6.07, 6.45) is -1.40. The van der Waals surface area contributed by atoms with Gasteiger partial charge in [0, 0.05) is 18.7 Å². The Hall–Kier alpha value is -2.61. The average Bonchev–Trinajstić information content (AvgIpc) is 2.97.